The molecule has 0 aliphatic carbocycles. The molecule has 11 aromatic rings. The molecule has 49 heavy (non-hydrogen) atoms. The van der Waals surface area contributed by atoms with Crippen LogP contribution >= 0.6 is 0 Å². The Balaban J connectivity index is 1.40. The molecular weight excluding hydrogens is 595 g/mol. The number of fused-ring (bicyclic) bond motifs is 16. The number of hydrogen-bond acceptors (Lipinski definition) is 2. The number of aromatic nitrogens is 3. The van der Waals surface area contributed by atoms with Gasteiger partial charge in [0.1, 0.15) is 0 Å². The SMILES string of the molecule is c1ccc(-c2nc(-n3c4ccccc4c4c5c6ccccc6c6ccccc6c5c5ccccc5c43)nc3ccc4ccccc4c23)cc1. The van der Waals surface area contributed by atoms with Crippen molar-refractivity contribution in [3.8, 4) is 17.2 Å². The largest absolute Gasteiger partial charge is 0.277 e. The van der Waals surface area contributed by atoms with E-state index in [1.54, 1.807) is 0 Å². The van der Waals surface area contributed by atoms with Crippen LogP contribution < -0.4 is 0 Å². The Morgan fingerprint density at radius 2 is 0.898 bits per heavy atom. The average molecular weight is 622 g/mol. The highest BCUT2D eigenvalue weighted by atomic mass is 15.2. The zero-order chi connectivity index (χ0) is 32.1. The van der Waals surface area contributed by atoms with Gasteiger partial charge in [-0.3, -0.25) is 4.57 Å². The molecule has 0 bridgehead atoms. The summed E-state index contributed by atoms with van der Waals surface area (Å²) in [5.41, 5.74) is 5.15. The van der Waals surface area contributed by atoms with E-state index in [0.717, 1.165) is 38.6 Å². The summed E-state index contributed by atoms with van der Waals surface area (Å²) in [4.78, 5) is 10.9. The number of nitrogens with zero attached hydrogens (tertiary/aromatic N) is 3. The molecule has 0 spiro atoms. The van der Waals surface area contributed by atoms with Crippen LogP contribution in [0.3, 0.4) is 0 Å². The molecule has 0 fully saturated rings. The third kappa shape index (κ3) is 3.62. The minimum atomic E-state index is 0.669. The number of rotatable bonds is 2. The van der Waals surface area contributed by atoms with Gasteiger partial charge in [-0.15, -0.1) is 0 Å². The predicted molar refractivity (Wildman–Crippen MR) is 207 cm³/mol. The monoisotopic (exact) mass is 621 g/mol. The van der Waals surface area contributed by atoms with E-state index in [-0.39, 0.29) is 0 Å². The minimum absolute atomic E-state index is 0.669. The van der Waals surface area contributed by atoms with E-state index in [0.29, 0.717) is 5.95 Å². The molecule has 0 aliphatic heterocycles. The first-order valence-corrected chi connectivity index (χ1v) is 16.8. The van der Waals surface area contributed by atoms with Crippen LogP contribution in [0.5, 0.6) is 0 Å². The van der Waals surface area contributed by atoms with Crippen molar-refractivity contribution in [2.75, 3.05) is 0 Å². The second-order valence-corrected chi connectivity index (χ2v) is 12.9. The Labute approximate surface area is 281 Å². The summed E-state index contributed by atoms with van der Waals surface area (Å²) in [5, 5.41) is 15.9. The topological polar surface area (TPSA) is 30.7 Å². The van der Waals surface area contributed by atoms with Gasteiger partial charge < -0.3 is 0 Å². The molecule has 0 N–H and O–H groups in total. The van der Waals surface area contributed by atoms with Crippen LogP contribution in [-0.4, -0.2) is 14.5 Å². The van der Waals surface area contributed by atoms with Crippen molar-refractivity contribution in [1.29, 1.82) is 0 Å². The van der Waals surface area contributed by atoms with Crippen LogP contribution in [0.15, 0.2) is 164 Å². The van der Waals surface area contributed by atoms with E-state index in [2.05, 4.69) is 168 Å². The molecule has 0 amide bonds. The van der Waals surface area contributed by atoms with Gasteiger partial charge in [-0.05, 0) is 55.2 Å². The van der Waals surface area contributed by atoms with Gasteiger partial charge in [0.15, 0.2) is 0 Å². The fourth-order valence-corrected chi connectivity index (χ4v) is 8.34. The van der Waals surface area contributed by atoms with E-state index in [9.17, 15) is 0 Å². The molecule has 2 aromatic heterocycles. The van der Waals surface area contributed by atoms with Crippen LogP contribution in [0, 0.1) is 0 Å². The first kappa shape index (κ1) is 26.5. The Morgan fingerprint density at radius 1 is 0.347 bits per heavy atom. The quantitative estimate of drug-likeness (QED) is 0.180. The molecule has 0 unspecified atom stereocenters. The maximum absolute atomic E-state index is 5.51. The zero-order valence-electron chi connectivity index (χ0n) is 26.4. The third-order valence-corrected chi connectivity index (χ3v) is 10.3. The van der Waals surface area contributed by atoms with Crippen LogP contribution in [-0.2, 0) is 0 Å². The summed E-state index contributed by atoms with van der Waals surface area (Å²) in [6.45, 7) is 0. The molecule has 3 nitrogen and oxygen atoms in total. The summed E-state index contributed by atoms with van der Waals surface area (Å²) in [6.07, 6.45) is 0. The second-order valence-electron chi connectivity index (χ2n) is 12.9. The first-order valence-electron chi connectivity index (χ1n) is 16.8. The van der Waals surface area contributed by atoms with Gasteiger partial charge in [-0.25, -0.2) is 9.97 Å². The van der Waals surface area contributed by atoms with Crippen molar-refractivity contribution in [2.24, 2.45) is 0 Å². The number of para-hydroxylation sites is 1. The summed E-state index contributed by atoms with van der Waals surface area (Å²) >= 11 is 0. The molecule has 3 heteroatoms. The van der Waals surface area contributed by atoms with Gasteiger partial charge >= 0.3 is 0 Å². The molecule has 0 saturated carbocycles. The third-order valence-electron chi connectivity index (χ3n) is 10.3. The lowest BCUT2D eigenvalue weighted by Crippen LogP contribution is -2.04. The van der Waals surface area contributed by atoms with E-state index in [1.807, 2.05) is 0 Å². The fourth-order valence-electron chi connectivity index (χ4n) is 8.34. The maximum atomic E-state index is 5.51. The summed E-state index contributed by atoms with van der Waals surface area (Å²) in [7, 11) is 0. The summed E-state index contributed by atoms with van der Waals surface area (Å²) in [5.74, 6) is 0.669. The first-order chi connectivity index (χ1) is 24.3. The maximum Gasteiger partial charge on any atom is 0.235 e. The van der Waals surface area contributed by atoms with Crippen LogP contribution in [0.2, 0.25) is 0 Å². The summed E-state index contributed by atoms with van der Waals surface area (Å²) < 4.78 is 2.32. The Hall–Kier alpha value is -6.58. The lowest BCUT2D eigenvalue weighted by molar-refractivity contribution is 1.02. The molecular formula is C46H27N3. The molecule has 0 saturated heterocycles. The molecule has 11 rings (SSSR count). The van der Waals surface area contributed by atoms with Crippen molar-refractivity contribution >= 4 is 86.6 Å². The second kappa shape index (κ2) is 9.96. The Morgan fingerprint density at radius 3 is 1.63 bits per heavy atom. The van der Waals surface area contributed by atoms with Crippen molar-refractivity contribution in [3.63, 3.8) is 0 Å². The van der Waals surface area contributed by atoms with E-state index in [4.69, 9.17) is 9.97 Å². The van der Waals surface area contributed by atoms with Crippen LogP contribution in [0.25, 0.3) is 104 Å². The van der Waals surface area contributed by atoms with E-state index < -0.39 is 0 Å². The summed E-state index contributed by atoms with van der Waals surface area (Å²) in [6, 6.07) is 58.7. The average Bonchev–Trinajstić information content (AvgIpc) is 3.53. The Bertz CT molecular complexity index is 3160. The molecule has 0 radical (unpaired) electrons. The van der Waals surface area contributed by atoms with Crippen molar-refractivity contribution < 1.29 is 0 Å². The highest BCUT2D eigenvalue weighted by Gasteiger charge is 2.24. The number of hydrogen-bond donors (Lipinski definition) is 0. The van der Waals surface area contributed by atoms with Gasteiger partial charge in [0.2, 0.25) is 5.95 Å². The predicted octanol–water partition coefficient (Wildman–Crippen LogP) is 12.2. The van der Waals surface area contributed by atoms with Gasteiger partial charge in [0.05, 0.1) is 22.2 Å². The van der Waals surface area contributed by atoms with Crippen molar-refractivity contribution in [3.05, 3.63) is 164 Å². The standard InChI is InChI=1S/C46H27N3/c1-2-15-29(16-3-1)44-41-30-17-5-4-14-28(30)26-27-38(41)47-46(48-44)49-39-25-13-12-24-37(39)43-42-34-21-9-7-19-32(34)31-18-6-8-20-33(31)40(42)35-22-10-11-23-36(35)45(43)49/h1-27H. The zero-order valence-corrected chi connectivity index (χ0v) is 26.4. The van der Waals surface area contributed by atoms with Crippen LogP contribution in [0.4, 0.5) is 0 Å². The lowest BCUT2D eigenvalue weighted by Gasteiger charge is -2.16. The van der Waals surface area contributed by atoms with Gasteiger partial charge in [-0.2, -0.15) is 0 Å². The fraction of sp³-hybridized carbons (Fsp3) is 0. The smallest absolute Gasteiger partial charge is 0.235 e. The van der Waals surface area contributed by atoms with Crippen molar-refractivity contribution in [1.82, 2.24) is 14.5 Å². The molecule has 2 heterocycles. The number of benzene rings is 9. The van der Waals surface area contributed by atoms with Gasteiger partial charge in [0, 0.05) is 32.5 Å². The minimum Gasteiger partial charge on any atom is -0.277 e. The lowest BCUT2D eigenvalue weighted by atomic mass is 9.88. The molecule has 9 aromatic carbocycles. The Kier molecular flexibility index (Phi) is 5.38. The molecule has 226 valence electrons. The highest BCUT2D eigenvalue weighted by molar-refractivity contribution is 6.42. The van der Waals surface area contributed by atoms with E-state index in [1.165, 1.54) is 59.2 Å². The van der Waals surface area contributed by atoms with Gasteiger partial charge in [-0.1, -0.05) is 152 Å². The van der Waals surface area contributed by atoms with Crippen molar-refractivity contribution in [2.45, 2.75) is 0 Å². The van der Waals surface area contributed by atoms with Crippen LogP contribution in [0.1, 0.15) is 0 Å². The normalized spacial score (nSPS) is 12.1. The molecule has 0 aliphatic rings. The highest BCUT2D eigenvalue weighted by Crippen LogP contribution is 2.47. The van der Waals surface area contributed by atoms with Gasteiger partial charge in [0.25, 0.3) is 0 Å². The molecule has 0 atom stereocenters. The van der Waals surface area contributed by atoms with E-state index >= 15 is 0 Å².